The Bertz CT molecular complexity index is 1880. The maximum atomic E-state index is 11.7. The smallest absolute Gasteiger partial charge is 0.216 e. The predicted octanol–water partition coefficient (Wildman–Crippen LogP) is 11.1. The Morgan fingerprint density at radius 3 is 2.24 bits per heavy atom. The Morgan fingerprint density at radius 1 is 0.978 bits per heavy atom. The summed E-state index contributed by atoms with van der Waals surface area (Å²) >= 11 is 1.44. The Labute approximate surface area is 288 Å². The maximum absolute atomic E-state index is 11.7. The molecule has 0 saturated carbocycles. The quantitative estimate of drug-likeness (QED) is 0.0912. The number of aliphatic hydroxyl groups is 1. The largest absolute Gasteiger partial charge is 0.512 e. The van der Waals surface area contributed by atoms with Crippen LogP contribution < -0.4 is 0 Å². The van der Waals surface area contributed by atoms with E-state index in [1.165, 1.54) is 17.4 Å². The number of furan rings is 1. The van der Waals surface area contributed by atoms with Gasteiger partial charge in [-0.2, -0.15) is 0 Å². The van der Waals surface area contributed by atoms with Gasteiger partial charge in [0.25, 0.3) is 0 Å². The van der Waals surface area contributed by atoms with Crippen LogP contribution in [0.25, 0.3) is 43.5 Å². The second-order valence-corrected chi connectivity index (χ2v) is 13.5. The molecule has 0 spiro atoms. The van der Waals surface area contributed by atoms with Crippen LogP contribution in [-0.4, -0.2) is 20.9 Å². The minimum absolute atomic E-state index is 0. The molecule has 5 nitrogen and oxygen atoms in total. The summed E-state index contributed by atoms with van der Waals surface area (Å²) in [6, 6.07) is 15.2. The number of aromatic nitrogens is 2. The molecule has 0 bridgehead atoms. The molecule has 0 unspecified atom stereocenters. The van der Waals surface area contributed by atoms with Gasteiger partial charge in [-0.3, -0.25) is 9.78 Å². The summed E-state index contributed by atoms with van der Waals surface area (Å²) in [5, 5.41) is 12.7. The number of benzene rings is 1. The number of hydrogen-bond donors (Lipinski definition) is 1. The first kappa shape index (κ1) is 33.5. The van der Waals surface area contributed by atoms with Crippen molar-refractivity contribution in [2.75, 3.05) is 0 Å². The SMILES string of the molecule is CCC(CC)C(=O)/C=C(\O)C(CC)CC.[2H]C([2H])(c1sc2nc(-c3[c-]ccc4c3oc3nc(C)ccc34)ccc2c1C)C(C)(C)C.[Ir]. The molecule has 1 radical (unpaired) electrons. The molecule has 4 aromatic heterocycles. The van der Waals surface area contributed by atoms with Crippen LogP contribution in [0.4, 0.5) is 0 Å². The van der Waals surface area contributed by atoms with Gasteiger partial charge in [0.05, 0.1) is 11.3 Å². The van der Waals surface area contributed by atoms with E-state index in [1.807, 2.05) is 98.7 Å². The molecule has 1 aromatic carbocycles. The van der Waals surface area contributed by atoms with Crippen LogP contribution in [0, 0.1) is 37.2 Å². The van der Waals surface area contributed by atoms with Gasteiger partial charge in [0.1, 0.15) is 4.83 Å². The summed E-state index contributed by atoms with van der Waals surface area (Å²) in [6.07, 6.45) is 3.46. The zero-order valence-corrected chi connectivity index (χ0v) is 31.1. The zero-order valence-electron chi connectivity index (χ0n) is 29.9. The second-order valence-electron chi connectivity index (χ2n) is 12.5. The van der Waals surface area contributed by atoms with E-state index in [4.69, 9.17) is 12.1 Å². The summed E-state index contributed by atoms with van der Waals surface area (Å²) < 4.78 is 23.6. The van der Waals surface area contributed by atoms with E-state index in [1.54, 1.807) is 0 Å². The van der Waals surface area contributed by atoms with Gasteiger partial charge in [-0.1, -0.05) is 71.5 Å². The first-order valence-corrected chi connectivity index (χ1v) is 16.6. The molecule has 45 heavy (non-hydrogen) atoms. The van der Waals surface area contributed by atoms with E-state index in [0.29, 0.717) is 5.71 Å². The average Bonchev–Trinajstić information content (AvgIpc) is 3.54. The molecule has 0 amide bonds. The molecule has 0 aliphatic carbocycles. The fourth-order valence-corrected chi connectivity index (χ4v) is 6.67. The second kappa shape index (κ2) is 15.6. The average molecular weight is 806 g/mol. The molecular weight excluding hydrogens is 757 g/mol. The molecule has 0 aliphatic heterocycles. The van der Waals surface area contributed by atoms with Gasteiger partial charge < -0.3 is 9.52 Å². The molecule has 5 aromatic rings. The van der Waals surface area contributed by atoms with Crippen molar-refractivity contribution in [3.63, 3.8) is 0 Å². The summed E-state index contributed by atoms with van der Waals surface area (Å²) in [5.74, 6) is 0.547. The van der Waals surface area contributed by atoms with Gasteiger partial charge >= 0.3 is 0 Å². The number of rotatable bonds is 9. The molecular formula is C38H47IrN2O3S-. The third-order valence-corrected chi connectivity index (χ3v) is 9.18. The molecule has 0 aliphatic rings. The van der Waals surface area contributed by atoms with E-state index in [0.717, 1.165) is 79.6 Å². The number of aliphatic hydroxyl groups excluding tert-OH is 1. The van der Waals surface area contributed by atoms with Crippen LogP contribution in [0.3, 0.4) is 0 Å². The van der Waals surface area contributed by atoms with Gasteiger partial charge in [-0.15, -0.1) is 29.5 Å². The zero-order chi connectivity index (χ0) is 34.0. The summed E-state index contributed by atoms with van der Waals surface area (Å²) in [7, 11) is 0. The Morgan fingerprint density at radius 2 is 1.62 bits per heavy atom. The van der Waals surface area contributed by atoms with Crippen molar-refractivity contribution in [3.05, 3.63) is 70.4 Å². The normalized spacial score (nSPS) is 13.2. The van der Waals surface area contributed by atoms with Crippen molar-refractivity contribution < 1.29 is 37.2 Å². The molecule has 4 heterocycles. The van der Waals surface area contributed by atoms with Gasteiger partial charge in [0.15, 0.2) is 5.78 Å². The number of carbonyl (C=O) groups is 1. The molecule has 5 rings (SSSR count). The summed E-state index contributed by atoms with van der Waals surface area (Å²) in [5.41, 5.74) is 4.25. The van der Waals surface area contributed by atoms with Crippen molar-refractivity contribution in [1.82, 2.24) is 9.97 Å². The third kappa shape index (κ3) is 8.49. The van der Waals surface area contributed by atoms with Crippen LogP contribution in [0.5, 0.6) is 0 Å². The van der Waals surface area contributed by atoms with Crippen molar-refractivity contribution in [2.45, 2.75) is 94.4 Å². The van der Waals surface area contributed by atoms with E-state index < -0.39 is 11.8 Å². The van der Waals surface area contributed by atoms with Gasteiger partial charge in [-0.25, -0.2) is 4.98 Å². The number of fused-ring (bicyclic) bond motifs is 4. The third-order valence-electron chi connectivity index (χ3n) is 8.07. The van der Waals surface area contributed by atoms with E-state index >= 15 is 0 Å². The minimum Gasteiger partial charge on any atom is -0.512 e. The number of nitrogens with zero attached hydrogens (tertiary/aromatic N) is 2. The van der Waals surface area contributed by atoms with Crippen LogP contribution >= 0.6 is 11.3 Å². The first-order valence-electron chi connectivity index (χ1n) is 16.7. The summed E-state index contributed by atoms with van der Waals surface area (Å²) in [4.78, 5) is 22.7. The van der Waals surface area contributed by atoms with Crippen molar-refractivity contribution in [1.29, 1.82) is 0 Å². The molecule has 0 fully saturated rings. The molecule has 7 heteroatoms. The number of ketones is 1. The standard InChI is InChI=1S/C25H23N2OS.C13H24O2.Ir/c1-14-9-10-18-17-7-6-8-19(22(17)28-23(18)26-14)20-12-11-16-15(2)21(13-25(3,4)5)29-24(16)27-20;1-5-10(6-2)12(14)9-13(15)11(7-3)8-4;/h6-7,9-12H,13H2,1-5H3;9-11,14H,5-8H2,1-4H3;/q-1;;/b;12-9-;/i13D2;;. The number of allylic oxidation sites excluding steroid dienone is 2. The van der Waals surface area contributed by atoms with E-state index in [-0.39, 0.29) is 43.5 Å². The Balaban J connectivity index is 0.000000322. The van der Waals surface area contributed by atoms with Gasteiger partial charge in [0.2, 0.25) is 5.71 Å². The molecule has 0 atom stereocenters. The van der Waals surface area contributed by atoms with E-state index in [9.17, 15) is 9.90 Å². The van der Waals surface area contributed by atoms with Crippen molar-refractivity contribution in [3.8, 4) is 11.3 Å². The van der Waals surface area contributed by atoms with Crippen LogP contribution in [0.1, 0.15) is 93.0 Å². The molecule has 0 saturated heterocycles. The number of pyridine rings is 2. The first-order chi connectivity index (χ1) is 21.7. The predicted molar refractivity (Wildman–Crippen MR) is 185 cm³/mol. The topological polar surface area (TPSA) is 76.2 Å². The van der Waals surface area contributed by atoms with Gasteiger partial charge in [-0.05, 0) is 74.7 Å². The molecule has 1 N–H and O–H groups in total. The van der Waals surface area contributed by atoms with Crippen LogP contribution in [-0.2, 0) is 31.3 Å². The van der Waals surface area contributed by atoms with Gasteiger partial charge in [0, 0.05) is 62.1 Å². The van der Waals surface area contributed by atoms with Crippen LogP contribution in [0.2, 0.25) is 0 Å². The number of carbonyl (C=O) groups excluding carboxylic acids is 1. The fraction of sp³-hybridized carbons (Fsp3) is 0.447. The Hall–Kier alpha value is -2.86. The summed E-state index contributed by atoms with van der Waals surface area (Å²) in [6.45, 7) is 17.8. The van der Waals surface area contributed by atoms with E-state index in [2.05, 4.69) is 11.1 Å². The maximum Gasteiger partial charge on any atom is 0.216 e. The van der Waals surface area contributed by atoms with Crippen molar-refractivity contribution >= 4 is 49.4 Å². The number of aryl methyl sites for hydroxylation is 2. The number of thiophene rings is 1. The number of hydrogen-bond acceptors (Lipinski definition) is 6. The monoisotopic (exact) mass is 806 g/mol. The Kier molecular flexibility index (Phi) is 11.6. The fourth-order valence-electron chi connectivity index (χ4n) is 5.38. The molecule has 243 valence electrons. The minimum atomic E-state index is -1.45. The van der Waals surface area contributed by atoms with Crippen LogP contribution in [0.15, 0.2) is 52.7 Å². The van der Waals surface area contributed by atoms with Crippen molar-refractivity contribution in [2.24, 2.45) is 17.3 Å².